The molecule has 1 aliphatic heterocycles. The van der Waals surface area contributed by atoms with Gasteiger partial charge in [-0.25, -0.2) is 0 Å². The molecular formula is C13H30N2Si2. The second-order valence-electron chi connectivity index (χ2n) is 6.95. The minimum absolute atomic E-state index is 0.766. The summed E-state index contributed by atoms with van der Waals surface area (Å²) in [6, 6.07) is 2.14. The van der Waals surface area contributed by atoms with E-state index in [0.717, 1.165) is 6.04 Å². The van der Waals surface area contributed by atoms with Crippen molar-refractivity contribution in [2.24, 2.45) is 0 Å². The standard InChI is InChI=1S/C13H30N2Si2/c1-7-17(5,6)11-8-13-12-14-9-10-15(13)16(2,3)4/h7,13-14H,1,8-12H2,2-6H3. The van der Waals surface area contributed by atoms with Gasteiger partial charge < -0.3 is 9.88 Å². The summed E-state index contributed by atoms with van der Waals surface area (Å²) in [4.78, 5) is 0. The fourth-order valence-corrected chi connectivity index (χ4v) is 5.92. The normalized spacial score (nSPS) is 23.7. The van der Waals surface area contributed by atoms with Crippen LogP contribution in [0.4, 0.5) is 0 Å². The molecule has 1 atom stereocenters. The van der Waals surface area contributed by atoms with Crippen LogP contribution in [0, 0.1) is 0 Å². The zero-order chi connectivity index (χ0) is 13.1. The highest BCUT2D eigenvalue weighted by molar-refractivity contribution is 6.82. The maximum atomic E-state index is 4.01. The highest BCUT2D eigenvalue weighted by Crippen LogP contribution is 2.22. The third-order valence-corrected chi connectivity index (χ3v) is 8.88. The lowest BCUT2D eigenvalue weighted by Gasteiger charge is -2.44. The van der Waals surface area contributed by atoms with Gasteiger partial charge in [0.25, 0.3) is 0 Å². The molecule has 1 saturated heterocycles. The van der Waals surface area contributed by atoms with Gasteiger partial charge in [0, 0.05) is 25.7 Å². The van der Waals surface area contributed by atoms with E-state index in [0.29, 0.717) is 0 Å². The zero-order valence-corrected chi connectivity index (χ0v) is 14.3. The minimum atomic E-state index is -1.14. The van der Waals surface area contributed by atoms with Crippen LogP contribution in [0.2, 0.25) is 38.8 Å². The summed E-state index contributed by atoms with van der Waals surface area (Å²) in [5, 5.41) is 3.56. The molecule has 1 heterocycles. The first-order valence-electron chi connectivity index (χ1n) is 6.87. The molecule has 1 rings (SSSR count). The molecule has 100 valence electrons. The molecule has 4 heteroatoms. The topological polar surface area (TPSA) is 15.3 Å². The molecule has 0 aromatic rings. The number of nitrogens with one attached hydrogen (secondary N) is 1. The molecule has 0 saturated carbocycles. The van der Waals surface area contributed by atoms with E-state index in [4.69, 9.17) is 0 Å². The van der Waals surface area contributed by atoms with Crippen molar-refractivity contribution in [2.45, 2.75) is 51.2 Å². The first-order valence-corrected chi connectivity index (χ1v) is 13.6. The smallest absolute Gasteiger partial charge is 0.119 e. The van der Waals surface area contributed by atoms with E-state index in [-0.39, 0.29) is 0 Å². The Balaban J connectivity index is 2.58. The van der Waals surface area contributed by atoms with Crippen molar-refractivity contribution in [3.63, 3.8) is 0 Å². The van der Waals surface area contributed by atoms with E-state index in [1.54, 1.807) is 0 Å². The average Bonchev–Trinajstić information content (AvgIpc) is 2.26. The Bertz CT molecular complexity index is 259. The van der Waals surface area contributed by atoms with Gasteiger partial charge in [0.05, 0.1) is 8.07 Å². The van der Waals surface area contributed by atoms with Crippen molar-refractivity contribution in [3.05, 3.63) is 12.3 Å². The monoisotopic (exact) mass is 270 g/mol. The largest absolute Gasteiger partial charge is 0.319 e. The predicted octanol–water partition coefficient (Wildman–Crippen LogP) is 2.92. The van der Waals surface area contributed by atoms with Crippen LogP contribution in [-0.4, -0.2) is 46.6 Å². The summed E-state index contributed by atoms with van der Waals surface area (Å²) in [6.45, 7) is 19.9. The SMILES string of the molecule is C=C[Si](C)(C)CCC1CNCCN1[Si](C)(C)C. The van der Waals surface area contributed by atoms with Gasteiger partial charge in [-0.15, -0.1) is 12.3 Å². The van der Waals surface area contributed by atoms with Crippen molar-refractivity contribution in [1.82, 2.24) is 9.88 Å². The second kappa shape index (κ2) is 5.82. The van der Waals surface area contributed by atoms with Gasteiger partial charge in [0.15, 0.2) is 0 Å². The molecule has 17 heavy (non-hydrogen) atoms. The van der Waals surface area contributed by atoms with E-state index in [2.05, 4.69) is 54.9 Å². The zero-order valence-electron chi connectivity index (χ0n) is 12.3. The van der Waals surface area contributed by atoms with Crippen LogP contribution >= 0.6 is 0 Å². The number of hydrogen-bond donors (Lipinski definition) is 1. The summed E-state index contributed by atoms with van der Waals surface area (Å²) in [6.07, 6.45) is 1.35. The lowest BCUT2D eigenvalue weighted by atomic mass is 10.2. The van der Waals surface area contributed by atoms with E-state index in [1.165, 1.54) is 32.1 Å². The Kier molecular flexibility index (Phi) is 5.19. The van der Waals surface area contributed by atoms with Crippen LogP contribution in [0.1, 0.15) is 6.42 Å². The molecule has 1 N–H and O–H groups in total. The first-order chi connectivity index (χ1) is 7.76. The number of rotatable bonds is 5. The van der Waals surface area contributed by atoms with Gasteiger partial charge in [0.2, 0.25) is 0 Å². The van der Waals surface area contributed by atoms with Crippen LogP contribution in [0.25, 0.3) is 0 Å². The average molecular weight is 271 g/mol. The predicted molar refractivity (Wildman–Crippen MR) is 83.8 cm³/mol. The third kappa shape index (κ3) is 4.70. The van der Waals surface area contributed by atoms with E-state index in [9.17, 15) is 0 Å². The molecule has 0 aromatic heterocycles. The molecule has 1 fully saturated rings. The van der Waals surface area contributed by atoms with Crippen molar-refractivity contribution in [3.8, 4) is 0 Å². The van der Waals surface area contributed by atoms with Gasteiger partial charge in [-0.1, -0.05) is 38.8 Å². The lowest BCUT2D eigenvalue weighted by molar-refractivity contribution is 0.254. The number of nitrogens with zero attached hydrogens (tertiary/aromatic N) is 1. The molecule has 2 nitrogen and oxygen atoms in total. The summed E-state index contributed by atoms with van der Waals surface area (Å²) in [5.41, 5.74) is 2.24. The molecular weight excluding hydrogens is 240 g/mol. The Hall–Kier alpha value is 0.0938. The lowest BCUT2D eigenvalue weighted by Crippen LogP contribution is -2.60. The first kappa shape index (κ1) is 15.2. The van der Waals surface area contributed by atoms with Crippen molar-refractivity contribution < 1.29 is 0 Å². The maximum Gasteiger partial charge on any atom is 0.119 e. The molecule has 0 bridgehead atoms. The number of piperazine rings is 1. The Morgan fingerprint density at radius 3 is 2.47 bits per heavy atom. The quantitative estimate of drug-likeness (QED) is 0.773. The van der Waals surface area contributed by atoms with Gasteiger partial charge >= 0.3 is 0 Å². The van der Waals surface area contributed by atoms with Gasteiger partial charge in [-0.05, 0) is 6.42 Å². The molecule has 0 radical (unpaired) electrons. The van der Waals surface area contributed by atoms with Crippen LogP contribution in [0.15, 0.2) is 12.3 Å². The molecule has 1 aliphatic rings. The van der Waals surface area contributed by atoms with E-state index >= 15 is 0 Å². The van der Waals surface area contributed by atoms with Gasteiger partial charge in [0.1, 0.15) is 8.24 Å². The molecule has 0 amide bonds. The third-order valence-electron chi connectivity index (χ3n) is 3.89. The molecule has 1 unspecified atom stereocenters. The van der Waals surface area contributed by atoms with E-state index < -0.39 is 16.3 Å². The highest BCUT2D eigenvalue weighted by Gasteiger charge is 2.33. The fourth-order valence-electron chi connectivity index (χ4n) is 2.54. The Morgan fingerprint density at radius 1 is 1.29 bits per heavy atom. The van der Waals surface area contributed by atoms with Crippen LogP contribution in [-0.2, 0) is 0 Å². The van der Waals surface area contributed by atoms with Crippen molar-refractivity contribution in [1.29, 1.82) is 0 Å². The molecule has 0 aromatic carbocycles. The maximum absolute atomic E-state index is 4.01. The highest BCUT2D eigenvalue weighted by atomic mass is 28.3. The summed E-state index contributed by atoms with van der Waals surface area (Å²) < 4.78 is 2.82. The number of hydrogen-bond acceptors (Lipinski definition) is 2. The molecule has 0 aliphatic carbocycles. The van der Waals surface area contributed by atoms with Gasteiger partial charge in [-0.2, -0.15) is 0 Å². The van der Waals surface area contributed by atoms with Crippen molar-refractivity contribution >= 4 is 16.3 Å². The van der Waals surface area contributed by atoms with Crippen LogP contribution in [0.5, 0.6) is 0 Å². The molecule has 0 spiro atoms. The van der Waals surface area contributed by atoms with Crippen LogP contribution in [0.3, 0.4) is 0 Å². The Morgan fingerprint density at radius 2 is 1.94 bits per heavy atom. The summed E-state index contributed by atoms with van der Waals surface area (Å²) in [7, 11) is -2.27. The summed E-state index contributed by atoms with van der Waals surface area (Å²) in [5.74, 6) is 0. The van der Waals surface area contributed by atoms with Crippen LogP contribution < -0.4 is 5.32 Å². The Labute approximate surface area is 110 Å². The van der Waals surface area contributed by atoms with Gasteiger partial charge in [-0.3, -0.25) is 0 Å². The summed E-state index contributed by atoms with van der Waals surface area (Å²) >= 11 is 0. The minimum Gasteiger partial charge on any atom is -0.319 e. The second-order valence-corrected chi connectivity index (χ2v) is 16.8. The van der Waals surface area contributed by atoms with Crippen molar-refractivity contribution in [2.75, 3.05) is 19.6 Å². The fraction of sp³-hybridized carbons (Fsp3) is 0.846. The van der Waals surface area contributed by atoms with E-state index in [1.807, 2.05) is 0 Å².